The molecule has 0 aliphatic rings. The summed E-state index contributed by atoms with van der Waals surface area (Å²) in [6, 6.07) is 17.5. The van der Waals surface area contributed by atoms with E-state index in [-0.39, 0.29) is 11.7 Å². The number of carbonyl (C=O) groups is 1. The smallest absolute Gasteiger partial charge is 0.316 e. The fourth-order valence-corrected chi connectivity index (χ4v) is 3.93. The third kappa shape index (κ3) is 4.81. The maximum atomic E-state index is 11.5. The second kappa shape index (κ2) is 9.12. The van der Waals surface area contributed by atoms with Crippen molar-refractivity contribution in [1.82, 2.24) is 14.8 Å². The summed E-state index contributed by atoms with van der Waals surface area (Å²) in [5.41, 5.74) is 0.955. The number of thioether (sulfide) groups is 2. The largest absolute Gasteiger partial charge is 0.468 e. The lowest BCUT2D eigenvalue weighted by Gasteiger charge is -2.10. The molecule has 8 heteroatoms. The molecule has 5 nitrogen and oxygen atoms in total. The van der Waals surface area contributed by atoms with Gasteiger partial charge in [-0.25, -0.2) is 0 Å². The zero-order valence-corrected chi connectivity index (χ0v) is 16.4. The Labute approximate surface area is 165 Å². The summed E-state index contributed by atoms with van der Waals surface area (Å²) >= 11 is 8.89. The van der Waals surface area contributed by atoms with Crippen LogP contribution in [-0.2, 0) is 15.3 Å². The Morgan fingerprint density at radius 1 is 1.08 bits per heavy atom. The van der Waals surface area contributed by atoms with Crippen LogP contribution in [-0.4, -0.2) is 33.6 Å². The van der Waals surface area contributed by atoms with Crippen molar-refractivity contribution in [3.63, 3.8) is 0 Å². The van der Waals surface area contributed by atoms with E-state index in [0.717, 1.165) is 16.4 Å². The fraction of sp³-hybridized carbons (Fsp3) is 0.167. The van der Waals surface area contributed by atoms with Crippen LogP contribution in [0.1, 0.15) is 5.82 Å². The molecular formula is C18H16ClN3O2S2. The molecule has 0 fully saturated rings. The molecule has 0 amide bonds. The number of rotatable bonds is 7. The summed E-state index contributed by atoms with van der Waals surface area (Å²) in [4.78, 5) is 12.6. The fourth-order valence-electron chi connectivity index (χ4n) is 2.18. The minimum atomic E-state index is -0.297. The first-order valence-electron chi connectivity index (χ1n) is 7.75. The van der Waals surface area contributed by atoms with Crippen LogP contribution in [0, 0.1) is 0 Å². The second-order valence-electron chi connectivity index (χ2n) is 5.18. The van der Waals surface area contributed by atoms with E-state index in [2.05, 4.69) is 10.2 Å². The average Bonchev–Trinajstić information content (AvgIpc) is 3.09. The quantitative estimate of drug-likeness (QED) is 0.426. The molecule has 26 heavy (non-hydrogen) atoms. The lowest BCUT2D eigenvalue weighted by molar-refractivity contribution is -0.137. The Hall–Kier alpha value is -1.96. The summed E-state index contributed by atoms with van der Waals surface area (Å²) in [6.07, 6.45) is 0. The lowest BCUT2D eigenvalue weighted by atomic mass is 10.3. The molecule has 3 rings (SSSR count). The Morgan fingerprint density at radius 2 is 1.81 bits per heavy atom. The first-order valence-corrected chi connectivity index (χ1v) is 10.1. The monoisotopic (exact) mass is 405 g/mol. The van der Waals surface area contributed by atoms with Gasteiger partial charge in [0.1, 0.15) is 5.82 Å². The van der Waals surface area contributed by atoms with Gasteiger partial charge in [-0.05, 0) is 36.4 Å². The molecular weight excluding hydrogens is 390 g/mol. The van der Waals surface area contributed by atoms with Gasteiger partial charge >= 0.3 is 5.97 Å². The van der Waals surface area contributed by atoms with Gasteiger partial charge in [-0.1, -0.05) is 41.6 Å². The van der Waals surface area contributed by atoms with Crippen LogP contribution in [0.15, 0.2) is 64.6 Å². The molecule has 1 aromatic heterocycles. The zero-order chi connectivity index (χ0) is 18.4. The molecule has 0 N–H and O–H groups in total. The number of carbonyl (C=O) groups excluding carboxylic acids is 1. The molecule has 2 aromatic carbocycles. The highest BCUT2D eigenvalue weighted by Crippen LogP contribution is 2.28. The summed E-state index contributed by atoms with van der Waals surface area (Å²) in [6.45, 7) is 0. The van der Waals surface area contributed by atoms with Crippen LogP contribution < -0.4 is 0 Å². The first kappa shape index (κ1) is 18.8. The summed E-state index contributed by atoms with van der Waals surface area (Å²) in [5, 5.41) is 9.95. The zero-order valence-electron chi connectivity index (χ0n) is 14.0. The van der Waals surface area contributed by atoms with Gasteiger partial charge in [-0.3, -0.25) is 9.36 Å². The normalized spacial score (nSPS) is 10.7. The van der Waals surface area contributed by atoms with E-state index in [4.69, 9.17) is 16.3 Å². The Bertz CT molecular complexity index is 870. The number of esters is 1. The highest BCUT2D eigenvalue weighted by Gasteiger charge is 2.16. The molecule has 0 spiro atoms. The van der Waals surface area contributed by atoms with Gasteiger partial charge < -0.3 is 4.74 Å². The lowest BCUT2D eigenvalue weighted by Crippen LogP contribution is -2.06. The number of halogens is 1. The molecule has 0 saturated carbocycles. The molecule has 3 aromatic rings. The molecule has 0 aliphatic heterocycles. The molecule has 0 bridgehead atoms. The minimum Gasteiger partial charge on any atom is -0.468 e. The number of hydrogen-bond donors (Lipinski definition) is 0. The van der Waals surface area contributed by atoms with Gasteiger partial charge in [-0.15, -0.1) is 22.0 Å². The van der Waals surface area contributed by atoms with Gasteiger partial charge in [0.25, 0.3) is 0 Å². The van der Waals surface area contributed by atoms with Crippen molar-refractivity contribution in [2.45, 2.75) is 15.8 Å². The van der Waals surface area contributed by atoms with Crippen molar-refractivity contribution in [3.05, 3.63) is 65.4 Å². The van der Waals surface area contributed by atoms with Crippen LogP contribution in [0.4, 0.5) is 0 Å². The van der Waals surface area contributed by atoms with Gasteiger partial charge in [0.05, 0.1) is 18.6 Å². The first-order chi connectivity index (χ1) is 12.7. The van der Waals surface area contributed by atoms with Crippen LogP contribution in [0.2, 0.25) is 5.02 Å². The number of benzene rings is 2. The third-order valence-corrected chi connectivity index (χ3v) is 5.61. The highest BCUT2D eigenvalue weighted by atomic mass is 35.5. The Kier molecular flexibility index (Phi) is 6.60. The number of nitrogens with zero attached hydrogens (tertiary/aromatic N) is 3. The Morgan fingerprint density at radius 3 is 2.50 bits per heavy atom. The van der Waals surface area contributed by atoms with Crippen molar-refractivity contribution in [1.29, 1.82) is 0 Å². The van der Waals surface area contributed by atoms with Crippen LogP contribution >= 0.6 is 35.1 Å². The van der Waals surface area contributed by atoms with Gasteiger partial charge in [0.15, 0.2) is 5.16 Å². The molecule has 0 radical (unpaired) electrons. The molecule has 0 atom stereocenters. The van der Waals surface area contributed by atoms with Crippen molar-refractivity contribution in [3.8, 4) is 5.69 Å². The molecule has 0 saturated heterocycles. The summed E-state index contributed by atoms with van der Waals surface area (Å²) < 4.78 is 6.68. The molecule has 0 unspecified atom stereocenters. The SMILES string of the molecule is COC(=O)CSc1nnc(CSc2ccc(Cl)cc2)n1-c1ccccc1. The maximum Gasteiger partial charge on any atom is 0.316 e. The third-order valence-electron chi connectivity index (χ3n) is 3.44. The van der Waals surface area contributed by atoms with E-state index in [9.17, 15) is 4.79 Å². The van der Waals surface area contributed by atoms with E-state index < -0.39 is 0 Å². The predicted octanol–water partition coefficient (Wildman–Crippen LogP) is 4.48. The van der Waals surface area contributed by atoms with Crippen molar-refractivity contribution in [2.24, 2.45) is 0 Å². The van der Waals surface area contributed by atoms with Crippen LogP contribution in [0.25, 0.3) is 5.69 Å². The van der Waals surface area contributed by atoms with E-state index in [1.54, 1.807) is 11.8 Å². The molecule has 0 aliphatic carbocycles. The van der Waals surface area contributed by atoms with Crippen molar-refractivity contribution in [2.75, 3.05) is 12.9 Å². The van der Waals surface area contributed by atoms with Gasteiger partial charge in [0, 0.05) is 15.6 Å². The number of methoxy groups -OCH3 is 1. The van der Waals surface area contributed by atoms with Crippen molar-refractivity contribution >= 4 is 41.1 Å². The number of para-hydroxylation sites is 1. The van der Waals surface area contributed by atoms with E-state index in [1.165, 1.54) is 18.9 Å². The topological polar surface area (TPSA) is 57.0 Å². The Balaban J connectivity index is 1.83. The van der Waals surface area contributed by atoms with Crippen molar-refractivity contribution < 1.29 is 9.53 Å². The maximum absolute atomic E-state index is 11.5. The standard InChI is InChI=1S/C18H16ClN3O2S2/c1-24-17(23)12-26-18-21-20-16(22(18)14-5-3-2-4-6-14)11-25-15-9-7-13(19)8-10-15/h2-10H,11-12H2,1H3. The molecule has 1 heterocycles. The van der Waals surface area contributed by atoms with E-state index in [1.807, 2.05) is 59.2 Å². The molecule has 134 valence electrons. The summed E-state index contributed by atoms with van der Waals surface area (Å²) in [5.74, 6) is 1.34. The van der Waals surface area contributed by atoms with Crippen LogP contribution in [0.5, 0.6) is 0 Å². The average molecular weight is 406 g/mol. The number of ether oxygens (including phenoxy) is 1. The number of aromatic nitrogens is 3. The predicted molar refractivity (Wildman–Crippen MR) is 105 cm³/mol. The minimum absolute atomic E-state index is 0.186. The number of hydrogen-bond acceptors (Lipinski definition) is 6. The highest BCUT2D eigenvalue weighted by molar-refractivity contribution is 7.99. The van der Waals surface area contributed by atoms with E-state index >= 15 is 0 Å². The van der Waals surface area contributed by atoms with Crippen LogP contribution in [0.3, 0.4) is 0 Å². The van der Waals surface area contributed by atoms with Gasteiger partial charge in [-0.2, -0.15) is 0 Å². The van der Waals surface area contributed by atoms with E-state index in [0.29, 0.717) is 15.9 Å². The van der Waals surface area contributed by atoms with Gasteiger partial charge in [0.2, 0.25) is 0 Å². The summed E-state index contributed by atoms with van der Waals surface area (Å²) in [7, 11) is 1.37. The second-order valence-corrected chi connectivity index (χ2v) is 7.60.